The lowest BCUT2D eigenvalue weighted by atomic mass is 10.5. The van der Waals surface area contributed by atoms with E-state index in [0.29, 0.717) is 11.6 Å². The summed E-state index contributed by atoms with van der Waals surface area (Å²) < 4.78 is 0. The highest BCUT2D eigenvalue weighted by Crippen LogP contribution is 2.16. The van der Waals surface area contributed by atoms with Crippen molar-refractivity contribution in [3.05, 3.63) is 36.5 Å². The summed E-state index contributed by atoms with van der Waals surface area (Å²) in [6.45, 7) is 0. The normalized spacial score (nSPS) is 10.1. The van der Waals surface area contributed by atoms with Gasteiger partial charge in [0, 0.05) is 18.1 Å². The second kappa shape index (κ2) is 4.70. The Hall–Kier alpha value is -1.69. The van der Waals surface area contributed by atoms with Crippen LogP contribution in [-0.4, -0.2) is 19.9 Å². The molecule has 0 spiro atoms. The Labute approximate surface area is 91.2 Å². The molecular weight excluding hydrogens is 210 g/mol. The first-order valence-electron chi connectivity index (χ1n) is 4.31. The Bertz CT molecular complexity index is 416. The number of hydrogen-bond donors (Lipinski definition) is 1. The van der Waals surface area contributed by atoms with Crippen LogP contribution in [0.4, 0.5) is 5.82 Å². The van der Waals surface area contributed by atoms with Crippen LogP contribution < -0.4 is 5.73 Å². The Morgan fingerprint density at radius 3 is 2.53 bits per heavy atom. The van der Waals surface area contributed by atoms with Gasteiger partial charge in [-0.1, -0.05) is 11.8 Å². The smallest absolute Gasteiger partial charge is 0.187 e. The minimum atomic E-state index is 0.430. The van der Waals surface area contributed by atoms with Crippen molar-refractivity contribution in [2.75, 3.05) is 5.73 Å². The van der Waals surface area contributed by atoms with Crippen LogP contribution in [0, 0.1) is 0 Å². The minimum Gasteiger partial charge on any atom is -0.382 e. The van der Waals surface area contributed by atoms with Gasteiger partial charge in [-0.15, -0.1) is 0 Å². The van der Waals surface area contributed by atoms with Gasteiger partial charge in [-0.3, -0.25) is 4.98 Å². The molecule has 0 aliphatic rings. The molecule has 0 saturated carbocycles. The Morgan fingerprint density at radius 2 is 1.87 bits per heavy atom. The fourth-order valence-corrected chi connectivity index (χ4v) is 1.63. The first-order valence-corrected chi connectivity index (χ1v) is 5.29. The summed E-state index contributed by atoms with van der Waals surface area (Å²) in [5.41, 5.74) is 6.29. The third-order valence-electron chi connectivity index (χ3n) is 1.62. The molecule has 76 valence electrons. The minimum absolute atomic E-state index is 0.430. The summed E-state index contributed by atoms with van der Waals surface area (Å²) in [7, 11) is 0. The average molecular weight is 219 g/mol. The molecule has 0 amide bonds. The van der Waals surface area contributed by atoms with Crippen molar-refractivity contribution in [3.63, 3.8) is 0 Å². The van der Waals surface area contributed by atoms with Crippen molar-refractivity contribution in [2.45, 2.75) is 10.9 Å². The van der Waals surface area contributed by atoms with Crippen LogP contribution in [0.1, 0.15) is 5.69 Å². The second-order valence-electron chi connectivity index (χ2n) is 2.75. The number of nitrogen functional groups attached to an aromatic ring is 1. The zero-order chi connectivity index (χ0) is 10.5. The number of aromatic nitrogens is 4. The zero-order valence-corrected chi connectivity index (χ0v) is 8.68. The van der Waals surface area contributed by atoms with Gasteiger partial charge in [0.15, 0.2) is 5.16 Å². The van der Waals surface area contributed by atoms with Crippen LogP contribution in [0.15, 0.2) is 36.0 Å². The van der Waals surface area contributed by atoms with Gasteiger partial charge in [0.1, 0.15) is 5.82 Å². The van der Waals surface area contributed by atoms with Crippen LogP contribution in [0.2, 0.25) is 0 Å². The van der Waals surface area contributed by atoms with E-state index in [1.807, 2.05) is 0 Å². The van der Waals surface area contributed by atoms with Gasteiger partial charge in [-0.2, -0.15) is 0 Å². The SMILES string of the molecule is Nc1cnc(CSc2ncccn2)cn1. The Morgan fingerprint density at radius 1 is 1.07 bits per heavy atom. The predicted octanol–water partition coefficient (Wildman–Crippen LogP) is 1.14. The van der Waals surface area contributed by atoms with Crippen LogP contribution in [-0.2, 0) is 5.75 Å². The molecule has 0 unspecified atom stereocenters. The van der Waals surface area contributed by atoms with Crippen LogP contribution >= 0.6 is 11.8 Å². The lowest BCUT2D eigenvalue weighted by Crippen LogP contribution is -1.94. The fourth-order valence-electron chi connectivity index (χ4n) is 0.938. The summed E-state index contributed by atoms with van der Waals surface area (Å²) in [4.78, 5) is 16.3. The molecule has 2 aromatic rings. The first kappa shape index (κ1) is 9.85. The zero-order valence-electron chi connectivity index (χ0n) is 7.87. The van der Waals surface area contributed by atoms with E-state index in [1.165, 1.54) is 11.8 Å². The van der Waals surface area contributed by atoms with E-state index >= 15 is 0 Å². The van der Waals surface area contributed by atoms with E-state index in [1.54, 1.807) is 30.9 Å². The molecule has 2 rings (SSSR count). The van der Waals surface area contributed by atoms with E-state index in [0.717, 1.165) is 10.9 Å². The predicted molar refractivity (Wildman–Crippen MR) is 58.0 cm³/mol. The molecule has 2 N–H and O–H groups in total. The van der Waals surface area contributed by atoms with Crippen LogP contribution in [0.25, 0.3) is 0 Å². The molecule has 6 heteroatoms. The molecule has 0 fully saturated rings. The molecule has 0 radical (unpaired) electrons. The number of anilines is 1. The highest BCUT2D eigenvalue weighted by atomic mass is 32.2. The monoisotopic (exact) mass is 219 g/mol. The molecule has 2 heterocycles. The molecule has 0 aliphatic carbocycles. The van der Waals surface area contributed by atoms with E-state index in [2.05, 4.69) is 19.9 Å². The molecular formula is C9H9N5S. The van der Waals surface area contributed by atoms with Crippen molar-refractivity contribution >= 4 is 17.6 Å². The highest BCUT2D eigenvalue weighted by Gasteiger charge is 1.99. The average Bonchev–Trinajstić information content (AvgIpc) is 2.30. The van der Waals surface area contributed by atoms with Gasteiger partial charge in [-0.25, -0.2) is 15.0 Å². The molecule has 0 aliphatic heterocycles. The summed E-state index contributed by atoms with van der Waals surface area (Å²) >= 11 is 1.51. The second-order valence-corrected chi connectivity index (χ2v) is 3.70. The van der Waals surface area contributed by atoms with Gasteiger partial charge >= 0.3 is 0 Å². The van der Waals surface area contributed by atoms with E-state index < -0.39 is 0 Å². The van der Waals surface area contributed by atoms with Crippen molar-refractivity contribution in [1.82, 2.24) is 19.9 Å². The number of nitrogens with zero attached hydrogens (tertiary/aromatic N) is 4. The van der Waals surface area contributed by atoms with Crippen molar-refractivity contribution in [3.8, 4) is 0 Å². The van der Waals surface area contributed by atoms with Crippen LogP contribution in [0.5, 0.6) is 0 Å². The summed E-state index contributed by atoms with van der Waals surface area (Å²) in [5.74, 6) is 1.12. The first-order chi connectivity index (χ1) is 7.34. The van der Waals surface area contributed by atoms with Gasteiger partial charge in [0.05, 0.1) is 18.1 Å². The van der Waals surface area contributed by atoms with Gasteiger partial charge in [0.25, 0.3) is 0 Å². The standard InChI is InChI=1S/C9H9N5S/c10-8-5-13-7(4-14-8)6-15-9-11-2-1-3-12-9/h1-5H,6H2,(H2,10,14). The number of hydrogen-bond acceptors (Lipinski definition) is 6. The fraction of sp³-hybridized carbons (Fsp3) is 0.111. The Kier molecular flexibility index (Phi) is 3.08. The molecule has 2 aromatic heterocycles. The maximum atomic E-state index is 5.43. The molecule has 0 bridgehead atoms. The van der Waals surface area contributed by atoms with Crippen molar-refractivity contribution < 1.29 is 0 Å². The molecule has 0 saturated heterocycles. The van der Waals surface area contributed by atoms with Crippen molar-refractivity contribution in [2.24, 2.45) is 0 Å². The maximum Gasteiger partial charge on any atom is 0.187 e. The number of thioether (sulfide) groups is 1. The van der Waals surface area contributed by atoms with E-state index in [4.69, 9.17) is 5.73 Å². The van der Waals surface area contributed by atoms with Gasteiger partial charge in [0.2, 0.25) is 0 Å². The van der Waals surface area contributed by atoms with Gasteiger partial charge < -0.3 is 5.73 Å². The largest absolute Gasteiger partial charge is 0.382 e. The maximum absolute atomic E-state index is 5.43. The Balaban J connectivity index is 1.96. The summed E-state index contributed by atoms with van der Waals surface area (Å²) in [6.07, 6.45) is 6.63. The lowest BCUT2D eigenvalue weighted by Gasteiger charge is -1.99. The van der Waals surface area contributed by atoms with Crippen molar-refractivity contribution in [1.29, 1.82) is 0 Å². The summed E-state index contributed by atoms with van der Waals surface area (Å²) in [6, 6.07) is 1.78. The quantitative estimate of drug-likeness (QED) is 0.616. The van der Waals surface area contributed by atoms with Crippen LogP contribution in [0.3, 0.4) is 0 Å². The topological polar surface area (TPSA) is 77.6 Å². The number of nitrogens with two attached hydrogens (primary N) is 1. The van der Waals surface area contributed by atoms with Gasteiger partial charge in [-0.05, 0) is 6.07 Å². The van der Waals surface area contributed by atoms with E-state index in [9.17, 15) is 0 Å². The molecule has 0 aromatic carbocycles. The third kappa shape index (κ3) is 2.88. The molecule has 15 heavy (non-hydrogen) atoms. The number of rotatable bonds is 3. The molecule has 5 nitrogen and oxygen atoms in total. The third-order valence-corrected chi connectivity index (χ3v) is 2.53. The lowest BCUT2D eigenvalue weighted by molar-refractivity contribution is 0.963. The molecule has 0 atom stereocenters. The van der Waals surface area contributed by atoms with E-state index in [-0.39, 0.29) is 0 Å². The highest BCUT2D eigenvalue weighted by molar-refractivity contribution is 7.98. The summed E-state index contributed by atoms with van der Waals surface area (Å²) in [5, 5.41) is 0.733.